The Kier molecular flexibility index (Phi) is 4.90. The lowest BCUT2D eigenvalue weighted by molar-refractivity contribution is -0.134. The van der Waals surface area contributed by atoms with E-state index >= 15 is 0 Å². The van der Waals surface area contributed by atoms with Crippen molar-refractivity contribution in [3.05, 3.63) is 54.1 Å². The zero-order valence-electron chi connectivity index (χ0n) is 14.8. The predicted octanol–water partition coefficient (Wildman–Crippen LogP) is 1.38. The highest BCUT2D eigenvalue weighted by molar-refractivity contribution is 5.93. The molecule has 2 saturated heterocycles. The summed E-state index contributed by atoms with van der Waals surface area (Å²) < 4.78 is 6.19. The fourth-order valence-corrected chi connectivity index (χ4v) is 3.80. The number of ether oxygens (including phenoxy) is 1. The predicted molar refractivity (Wildman–Crippen MR) is 95.4 cm³/mol. The lowest BCUT2D eigenvalue weighted by atomic mass is 9.89. The second-order valence-electron chi connectivity index (χ2n) is 6.99. The summed E-state index contributed by atoms with van der Waals surface area (Å²) in [6.45, 7) is 4.80. The number of morpholine rings is 1. The van der Waals surface area contributed by atoms with E-state index in [1.807, 2.05) is 23.2 Å². The number of pyridine rings is 1. The van der Waals surface area contributed by atoms with Crippen molar-refractivity contribution in [2.24, 2.45) is 0 Å². The average molecular weight is 353 g/mol. The van der Waals surface area contributed by atoms with Crippen LogP contribution in [0.3, 0.4) is 0 Å². The van der Waals surface area contributed by atoms with Crippen LogP contribution in [0.15, 0.2) is 42.9 Å². The van der Waals surface area contributed by atoms with Crippen LogP contribution in [-0.4, -0.2) is 69.3 Å². The first-order valence-corrected chi connectivity index (χ1v) is 9.06. The topological polar surface area (TPSA) is 71.5 Å². The number of aromatic nitrogens is 3. The number of likely N-dealkylation sites (tertiary alicyclic amines) is 1. The number of amides is 1. The van der Waals surface area contributed by atoms with Gasteiger partial charge < -0.3 is 9.64 Å². The molecule has 0 unspecified atom stereocenters. The molecule has 0 aliphatic carbocycles. The van der Waals surface area contributed by atoms with Crippen molar-refractivity contribution in [2.75, 3.05) is 32.8 Å². The van der Waals surface area contributed by atoms with Gasteiger partial charge in [-0.25, -0.2) is 0 Å². The van der Waals surface area contributed by atoms with Gasteiger partial charge in [-0.15, -0.1) is 0 Å². The first-order valence-electron chi connectivity index (χ1n) is 9.06. The summed E-state index contributed by atoms with van der Waals surface area (Å²) in [7, 11) is 0. The highest BCUT2D eigenvalue weighted by Gasteiger charge is 2.40. The number of nitrogens with zero attached hydrogens (tertiary/aromatic N) is 5. The second-order valence-corrected chi connectivity index (χ2v) is 6.99. The molecule has 0 atom stereocenters. The van der Waals surface area contributed by atoms with Gasteiger partial charge in [-0.3, -0.25) is 14.7 Å². The molecule has 2 fully saturated rings. The summed E-state index contributed by atoms with van der Waals surface area (Å²) in [6.07, 6.45) is 6.63. The fourth-order valence-electron chi connectivity index (χ4n) is 3.80. The van der Waals surface area contributed by atoms with Gasteiger partial charge in [-0.2, -0.15) is 10.2 Å². The third-order valence-electron chi connectivity index (χ3n) is 5.23. The van der Waals surface area contributed by atoms with Gasteiger partial charge in [-0.1, -0.05) is 6.07 Å². The molecule has 4 rings (SSSR count). The van der Waals surface area contributed by atoms with Crippen molar-refractivity contribution < 1.29 is 9.53 Å². The maximum absolute atomic E-state index is 12.6. The summed E-state index contributed by atoms with van der Waals surface area (Å²) in [5.41, 5.74) is 1.53. The van der Waals surface area contributed by atoms with Crippen LogP contribution >= 0.6 is 0 Å². The van der Waals surface area contributed by atoms with Gasteiger partial charge in [0.25, 0.3) is 5.91 Å². The Morgan fingerprint density at radius 1 is 1.12 bits per heavy atom. The van der Waals surface area contributed by atoms with E-state index in [1.54, 1.807) is 12.3 Å². The summed E-state index contributed by atoms with van der Waals surface area (Å²) in [5, 5.41) is 7.53. The average Bonchev–Trinajstić information content (AvgIpc) is 2.70. The lowest BCUT2D eigenvalue weighted by Gasteiger charge is -2.47. The molecule has 2 aromatic rings. The molecular formula is C19H23N5O2. The van der Waals surface area contributed by atoms with E-state index in [9.17, 15) is 4.79 Å². The molecule has 2 aliphatic rings. The molecular weight excluding hydrogens is 330 g/mol. The molecule has 4 heterocycles. The largest absolute Gasteiger partial charge is 0.372 e. The SMILES string of the molecule is O=C(c1ccnnc1)N1CCC2(CC1)CN(Cc1ccccn1)CCO2. The van der Waals surface area contributed by atoms with Gasteiger partial charge in [0.2, 0.25) is 0 Å². The van der Waals surface area contributed by atoms with Crippen LogP contribution in [0.5, 0.6) is 0 Å². The smallest absolute Gasteiger partial charge is 0.255 e. The van der Waals surface area contributed by atoms with Crippen LogP contribution in [0.2, 0.25) is 0 Å². The van der Waals surface area contributed by atoms with E-state index in [2.05, 4.69) is 26.1 Å². The number of piperidine rings is 1. The summed E-state index contributed by atoms with van der Waals surface area (Å²) in [5.74, 6) is 0.0240. The van der Waals surface area contributed by atoms with Crippen LogP contribution < -0.4 is 0 Å². The van der Waals surface area contributed by atoms with E-state index in [0.717, 1.165) is 44.8 Å². The van der Waals surface area contributed by atoms with Gasteiger partial charge in [0, 0.05) is 38.9 Å². The van der Waals surface area contributed by atoms with Crippen molar-refractivity contribution >= 4 is 5.91 Å². The Labute approximate surface area is 153 Å². The lowest BCUT2D eigenvalue weighted by Crippen LogP contribution is -2.57. The normalized spacial score (nSPS) is 20.2. The molecule has 0 saturated carbocycles. The molecule has 0 radical (unpaired) electrons. The van der Waals surface area contributed by atoms with Crippen molar-refractivity contribution in [3.8, 4) is 0 Å². The van der Waals surface area contributed by atoms with Crippen molar-refractivity contribution in [1.29, 1.82) is 0 Å². The van der Waals surface area contributed by atoms with Crippen LogP contribution in [0, 0.1) is 0 Å². The molecule has 0 N–H and O–H groups in total. The Morgan fingerprint density at radius 3 is 2.73 bits per heavy atom. The zero-order valence-corrected chi connectivity index (χ0v) is 14.8. The second kappa shape index (κ2) is 7.47. The van der Waals surface area contributed by atoms with Gasteiger partial charge in [0.1, 0.15) is 0 Å². The quantitative estimate of drug-likeness (QED) is 0.830. The summed E-state index contributed by atoms with van der Waals surface area (Å²) in [6, 6.07) is 7.74. The third-order valence-corrected chi connectivity index (χ3v) is 5.23. The monoisotopic (exact) mass is 353 g/mol. The highest BCUT2D eigenvalue weighted by atomic mass is 16.5. The zero-order chi connectivity index (χ0) is 17.8. The minimum Gasteiger partial charge on any atom is -0.372 e. The van der Waals surface area contributed by atoms with Gasteiger partial charge in [0.05, 0.1) is 35.9 Å². The van der Waals surface area contributed by atoms with E-state index in [0.29, 0.717) is 18.7 Å². The molecule has 136 valence electrons. The molecule has 0 aromatic carbocycles. The van der Waals surface area contributed by atoms with E-state index < -0.39 is 0 Å². The molecule has 1 spiro atoms. The highest BCUT2D eigenvalue weighted by Crippen LogP contribution is 2.31. The number of hydrogen-bond donors (Lipinski definition) is 0. The van der Waals surface area contributed by atoms with Crippen LogP contribution in [-0.2, 0) is 11.3 Å². The maximum atomic E-state index is 12.6. The minimum absolute atomic E-state index is 0.0240. The standard InChI is InChI=1S/C19H23N5O2/c25-18(16-4-8-21-22-13-16)24-9-5-19(6-10-24)15-23(11-12-26-19)14-17-3-1-2-7-20-17/h1-4,7-8,13H,5-6,9-12,14-15H2. The Bertz CT molecular complexity index is 732. The van der Waals surface area contributed by atoms with Crippen LogP contribution in [0.1, 0.15) is 28.9 Å². The number of carbonyl (C=O) groups is 1. The first kappa shape index (κ1) is 17.1. The Hall–Kier alpha value is -2.38. The summed E-state index contributed by atoms with van der Waals surface area (Å²) in [4.78, 5) is 21.3. The van der Waals surface area contributed by atoms with Crippen molar-refractivity contribution in [3.63, 3.8) is 0 Å². The number of rotatable bonds is 3. The van der Waals surface area contributed by atoms with E-state index in [-0.39, 0.29) is 11.5 Å². The van der Waals surface area contributed by atoms with Gasteiger partial charge >= 0.3 is 0 Å². The Balaban J connectivity index is 1.36. The third kappa shape index (κ3) is 3.73. The maximum Gasteiger partial charge on any atom is 0.255 e. The van der Waals surface area contributed by atoms with Gasteiger partial charge in [0.15, 0.2) is 0 Å². The van der Waals surface area contributed by atoms with Crippen LogP contribution in [0.4, 0.5) is 0 Å². The van der Waals surface area contributed by atoms with Crippen molar-refractivity contribution in [1.82, 2.24) is 25.0 Å². The van der Waals surface area contributed by atoms with E-state index in [4.69, 9.17) is 4.74 Å². The fraction of sp³-hybridized carbons (Fsp3) is 0.474. The number of hydrogen-bond acceptors (Lipinski definition) is 6. The molecule has 26 heavy (non-hydrogen) atoms. The number of carbonyl (C=O) groups excluding carboxylic acids is 1. The molecule has 2 aliphatic heterocycles. The molecule has 7 nitrogen and oxygen atoms in total. The Morgan fingerprint density at radius 2 is 2.00 bits per heavy atom. The molecule has 7 heteroatoms. The van der Waals surface area contributed by atoms with Gasteiger partial charge in [-0.05, 0) is 31.0 Å². The molecule has 2 aromatic heterocycles. The molecule has 0 bridgehead atoms. The van der Waals surface area contributed by atoms with Crippen LogP contribution in [0.25, 0.3) is 0 Å². The van der Waals surface area contributed by atoms with Crippen molar-refractivity contribution in [2.45, 2.75) is 25.0 Å². The first-order chi connectivity index (χ1) is 12.7. The minimum atomic E-state index is -0.152. The summed E-state index contributed by atoms with van der Waals surface area (Å²) >= 11 is 0. The molecule has 1 amide bonds. The van der Waals surface area contributed by atoms with E-state index in [1.165, 1.54) is 6.20 Å².